The minimum Gasteiger partial charge on any atom is -0.309 e. The van der Waals surface area contributed by atoms with E-state index in [0.717, 1.165) is 44.4 Å². The smallest absolute Gasteiger partial charge is 0.282 e. The molecule has 1 spiro atoms. The Morgan fingerprint density at radius 2 is 0.940 bits per heavy atom. The van der Waals surface area contributed by atoms with Gasteiger partial charge in [-0.05, 0) is 81.4 Å². The van der Waals surface area contributed by atoms with E-state index >= 15 is 0 Å². The van der Waals surface area contributed by atoms with Crippen LogP contribution in [0.1, 0.15) is 22.3 Å². The molecule has 0 saturated carbocycles. The summed E-state index contributed by atoms with van der Waals surface area (Å²) >= 11 is 0. The third-order valence-electron chi connectivity index (χ3n) is 11.4. The summed E-state index contributed by atoms with van der Waals surface area (Å²) in [6.07, 6.45) is 0. The second-order valence-corrected chi connectivity index (χ2v) is 13.6. The Bertz CT molecular complexity index is 3220. The lowest BCUT2D eigenvalue weighted by Gasteiger charge is -2.30. The lowest BCUT2D eigenvalue weighted by Crippen LogP contribution is -2.26. The Hall–Kier alpha value is -6.72. The summed E-state index contributed by atoms with van der Waals surface area (Å²) in [5, 5.41) is 3.53. The number of nitrogens with zero attached hydrogens (tertiary/aromatic N) is 3. The molecule has 1 unspecified atom stereocenters. The summed E-state index contributed by atoms with van der Waals surface area (Å²) < 4.78 is 5.53. The molecule has 1 atom stereocenters. The van der Waals surface area contributed by atoms with Crippen molar-refractivity contribution < 1.29 is 0 Å². The Morgan fingerprint density at radius 3 is 1.68 bits per heavy atom. The summed E-state index contributed by atoms with van der Waals surface area (Å²) in [5.74, 6) is 0. The van der Waals surface area contributed by atoms with Gasteiger partial charge in [0.1, 0.15) is 0 Å². The van der Waals surface area contributed by atoms with Crippen LogP contribution in [0.4, 0.5) is 0 Å². The van der Waals surface area contributed by atoms with Gasteiger partial charge >= 0.3 is 0 Å². The van der Waals surface area contributed by atoms with E-state index in [4.69, 9.17) is 0 Å². The van der Waals surface area contributed by atoms with Crippen molar-refractivity contribution in [2.24, 2.45) is 0 Å². The zero-order valence-corrected chi connectivity index (χ0v) is 26.6. The highest BCUT2D eigenvalue weighted by Crippen LogP contribution is 2.64. The lowest BCUT2D eigenvalue weighted by atomic mass is 9.70. The third-order valence-corrected chi connectivity index (χ3v) is 11.4. The predicted molar refractivity (Wildman–Crippen MR) is 200 cm³/mol. The maximum absolute atomic E-state index is 14.2. The van der Waals surface area contributed by atoms with Crippen molar-refractivity contribution in [1.29, 1.82) is 0 Å². The Balaban J connectivity index is 1.25. The molecular weight excluding hydrogens is 615 g/mol. The van der Waals surface area contributed by atoms with E-state index in [1.165, 1.54) is 43.1 Å². The third kappa shape index (κ3) is 2.81. The van der Waals surface area contributed by atoms with Gasteiger partial charge in [-0.15, -0.1) is 0 Å². The van der Waals surface area contributed by atoms with Gasteiger partial charge in [-0.1, -0.05) is 109 Å². The highest BCUT2D eigenvalue weighted by atomic mass is 16.2. The van der Waals surface area contributed by atoms with E-state index in [1.54, 1.807) is 10.6 Å². The Kier molecular flexibility index (Phi) is 4.64. The highest BCUT2D eigenvalue weighted by Gasteiger charge is 2.52. The van der Waals surface area contributed by atoms with Crippen LogP contribution in [-0.2, 0) is 5.41 Å². The van der Waals surface area contributed by atoms with Gasteiger partial charge in [0, 0.05) is 16.3 Å². The Labute approximate surface area is 284 Å². The van der Waals surface area contributed by atoms with Crippen LogP contribution in [0.2, 0.25) is 0 Å². The summed E-state index contributed by atoms with van der Waals surface area (Å²) in [7, 11) is 0. The molecule has 2 aliphatic rings. The molecule has 0 N–H and O–H groups in total. The van der Waals surface area contributed by atoms with E-state index in [9.17, 15) is 9.59 Å². The minimum atomic E-state index is -0.660. The second kappa shape index (κ2) is 8.84. The monoisotopic (exact) mass is 639 g/mol. The van der Waals surface area contributed by atoms with Gasteiger partial charge in [-0.3, -0.25) is 9.59 Å². The molecule has 0 aliphatic heterocycles. The summed E-state index contributed by atoms with van der Waals surface area (Å²) in [6.45, 7) is 0. The fourth-order valence-electron chi connectivity index (χ4n) is 9.60. The molecule has 0 bridgehead atoms. The molecular formula is C45H25N3O2. The standard InChI is InChI=1S/C45H25N3O2/c49-43-30-16-5-10-22-39(30)47-41-25-31-26-12-1-6-17-33(26)45(36(31)24-32(41)44(50)48(43)47)34-18-7-2-15-29(34)42-35(45)19-11-23-40(42)46-37-20-8-3-13-27(37)28-14-4-9-21-38(28)46/h1-25H. The molecule has 0 saturated heterocycles. The molecule has 5 heteroatoms. The van der Waals surface area contributed by atoms with Crippen LogP contribution in [0, 0.1) is 0 Å². The van der Waals surface area contributed by atoms with Gasteiger partial charge in [0.25, 0.3) is 11.1 Å². The summed E-state index contributed by atoms with van der Waals surface area (Å²) in [4.78, 5) is 27.8. The average Bonchev–Trinajstić information content (AvgIpc) is 3.92. The SMILES string of the molecule is O=c1c2ccccc2n2c3cc4c(cc3c(=O)n12)C1(c2ccccc2-4)c2ccccc2-c2c(-n3c4ccccc4c4ccccc43)cccc21. The molecule has 10 aromatic rings. The molecule has 0 radical (unpaired) electrons. The van der Waals surface area contributed by atoms with Crippen molar-refractivity contribution in [3.63, 3.8) is 0 Å². The predicted octanol–water partition coefficient (Wildman–Crippen LogP) is 8.94. The summed E-state index contributed by atoms with van der Waals surface area (Å²) in [5.41, 5.74) is 12.9. The molecule has 2 aliphatic carbocycles. The number of fused-ring (bicyclic) bond motifs is 18. The van der Waals surface area contributed by atoms with E-state index < -0.39 is 5.41 Å². The normalized spacial score (nSPS) is 15.8. The largest absolute Gasteiger partial charge is 0.309 e. The zero-order chi connectivity index (χ0) is 32.9. The minimum absolute atomic E-state index is 0.288. The maximum Gasteiger partial charge on any atom is 0.282 e. The molecule has 7 aromatic carbocycles. The van der Waals surface area contributed by atoms with Crippen LogP contribution < -0.4 is 11.1 Å². The van der Waals surface area contributed by atoms with Crippen LogP contribution in [0.25, 0.3) is 71.6 Å². The highest BCUT2D eigenvalue weighted by molar-refractivity contribution is 6.10. The van der Waals surface area contributed by atoms with E-state index in [-0.39, 0.29) is 11.1 Å². The molecule has 3 aromatic heterocycles. The van der Waals surface area contributed by atoms with Gasteiger partial charge in [0.05, 0.1) is 43.9 Å². The first-order chi connectivity index (χ1) is 24.7. The molecule has 232 valence electrons. The van der Waals surface area contributed by atoms with E-state index in [2.05, 4.69) is 132 Å². The van der Waals surface area contributed by atoms with Crippen LogP contribution in [0.5, 0.6) is 0 Å². The fourth-order valence-corrected chi connectivity index (χ4v) is 9.60. The average molecular weight is 640 g/mol. The number of para-hydroxylation sites is 3. The number of aromatic nitrogens is 3. The molecule has 12 rings (SSSR count). The number of rotatable bonds is 1. The van der Waals surface area contributed by atoms with Crippen molar-refractivity contribution in [2.75, 3.05) is 0 Å². The molecule has 5 nitrogen and oxygen atoms in total. The van der Waals surface area contributed by atoms with Gasteiger partial charge in [-0.2, -0.15) is 4.52 Å². The first-order valence-corrected chi connectivity index (χ1v) is 17.0. The number of hydrogen-bond acceptors (Lipinski definition) is 2. The van der Waals surface area contributed by atoms with Crippen LogP contribution in [-0.4, -0.2) is 13.6 Å². The van der Waals surface area contributed by atoms with Crippen molar-refractivity contribution in [3.8, 4) is 27.9 Å². The molecule has 3 heterocycles. The first kappa shape index (κ1) is 26.3. The van der Waals surface area contributed by atoms with Crippen LogP contribution in [0.15, 0.2) is 161 Å². The number of benzene rings is 7. The maximum atomic E-state index is 14.2. The van der Waals surface area contributed by atoms with Crippen molar-refractivity contribution >= 4 is 43.6 Å². The van der Waals surface area contributed by atoms with Crippen molar-refractivity contribution in [1.82, 2.24) is 13.6 Å². The van der Waals surface area contributed by atoms with Crippen LogP contribution in [0.3, 0.4) is 0 Å². The molecule has 0 amide bonds. The zero-order valence-electron chi connectivity index (χ0n) is 26.6. The molecule has 50 heavy (non-hydrogen) atoms. The van der Waals surface area contributed by atoms with Gasteiger partial charge in [0.2, 0.25) is 0 Å². The quantitative estimate of drug-likeness (QED) is 0.180. The van der Waals surface area contributed by atoms with Gasteiger partial charge in [0.15, 0.2) is 0 Å². The van der Waals surface area contributed by atoms with E-state index in [0.29, 0.717) is 10.8 Å². The molecule has 0 fully saturated rings. The van der Waals surface area contributed by atoms with Crippen molar-refractivity contribution in [3.05, 3.63) is 195 Å². The first-order valence-electron chi connectivity index (χ1n) is 17.0. The topological polar surface area (TPSA) is 47.9 Å². The van der Waals surface area contributed by atoms with E-state index in [1.807, 2.05) is 18.2 Å². The summed E-state index contributed by atoms with van der Waals surface area (Å²) in [6, 6.07) is 53.1. The lowest BCUT2D eigenvalue weighted by molar-refractivity contribution is 0.794. The van der Waals surface area contributed by atoms with Crippen molar-refractivity contribution in [2.45, 2.75) is 5.41 Å². The number of hydrogen-bond donors (Lipinski definition) is 0. The van der Waals surface area contributed by atoms with Gasteiger partial charge in [-0.25, -0.2) is 4.52 Å². The second-order valence-electron chi connectivity index (χ2n) is 13.6. The fraction of sp³-hybridized carbons (Fsp3) is 0.0222. The van der Waals surface area contributed by atoms with Crippen LogP contribution >= 0.6 is 0 Å². The van der Waals surface area contributed by atoms with Gasteiger partial charge < -0.3 is 4.57 Å². The Morgan fingerprint density at radius 1 is 0.380 bits per heavy atom.